The number of anilines is 6. The molecule has 0 radical (unpaired) electrons. The van der Waals surface area contributed by atoms with Crippen LogP contribution < -0.4 is 9.80 Å². The van der Waals surface area contributed by atoms with Crippen molar-refractivity contribution in [3.63, 3.8) is 0 Å². The summed E-state index contributed by atoms with van der Waals surface area (Å²) in [6.45, 7) is 0. The molecule has 75 heavy (non-hydrogen) atoms. The molecule has 16 rings (SSSR count). The lowest BCUT2D eigenvalue weighted by molar-refractivity contribution is 1.17. The van der Waals surface area contributed by atoms with Crippen LogP contribution in [0.4, 0.5) is 34.1 Å². The van der Waals surface area contributed by atoms with Crippen LogP contribution in [0.3, 0.4) is 0 Å². The third-order valence-corrected chi connectivity index (χ3v) is 15.7. The van der Waals surface area contributed by atoms with Crippen molar-refractivity contribution in [2.45, 2.75) is 0 Å². The van der Waals surface area contributed by atoms with Crippen LogP contribution in [0.1, 0.15) is 0 Å². The summed E-state index contributed by atoms with van der Waals surface area (Å²) in [6, 6.07) is 100.0. The van der Waals surface area contributed by atoms with Crippen LogP contribution in [0, 0.1) is 0 Å². The van der Waals surface area contributed by atoms with Crippen molar-refractivity contribution in [3.8, 4) is 17.1 Å². The fourth-order valence-electron chi connectivity index (χ4n) is 12.6. The van der Waals surface area contributed by atoms with Gasteiger partial charge in [0.25, 0.3) is 0 Å². The molecule has 0 bridgehead atoms. The average molecular weight is 956 g/mol. The van der Waals surface area contributed by atoms with Gasteiger partial charge >= 0.3 is 0 Å². The predicted octanol–water partition coefficient (Wildman–Crippen LogP) is 19.1. The zero-order valence-corrected chi connectivity index (χ0v) is 40.7. The van der Waals surface area contributed by atoms with Crippen LogP contribution in [0.2, 0.25) is 0 Å². The summed E-state index contributed by atoms with van der Waals surface area (Å²) in [7, 11) is 0. The van der Waals surface area contributed by atoms with Gasteiger partial charge in [0, 0.05) is 82.9 Å². The van der Waals surface area contributed by atoms with E-state index in [2.05, 4.69) is 296 Å². The molecule has 0 aliphatic carbocycles. The summed E-state index contributed by atoms with van der Waals surface area (Å²) >= 11 is 0. The van der Waals surface area contributed by atoms with E-state index in [-0.39, 0.29) is 0 Å². The minimum absolute atomic E-state index is 1.08. The van der Waals surface area contributed by atoms with E-state index < -0.39 is 0 Å². The number of benzene rings is 13. The maximum absolute atomic E-state index is 2.46. The van der Waals surface area contributed by atoms with Gasteiger partial charge in [0.05, 0.1) is 44.5 Å². The lowest BCUT2D eigenvalue weighted by Crippen LogP contribution is -2.11. The molecule has 5 heteroatoms. The highest BCUT2D eigenvalue weighted by molar-refractivity contribution is 6.28. The first-order valence-corrected chi connectivity index (χ1v) is 25.8. The Morgan fingerprint density at radius 3 is 0.960 bits per heavy atom. The van der Waals surface area contributed by atoms with Gasteiger partial charge in [0.2, 0.25) is 0 Å². The van der Waals surface area contributed by atoms with Crippen molar-refractivity contribution in [1.82, 2.24) is 13.7 Å². The van der Waals surface area contributed by atoms with Crippen molar-refractivity contribution >= 4 is 121 Å². The molecule has 5 nitrogen and oxygen atoms in total. The highest BCUT2D eigenvalue weighted by Crippen LogP contribution is 2.49. The Balaban J connectivity index is 0.919. The number of aromatic nitrogens is 3. The van der Waals surface area contributed by atoms with Crippen LogP contribution in [-0.4, -0.2) is 13.7 Å². The lowest BCUT2D eigenvalue weighted by Gasteiger charge is -2.27. The van der Waals surface area contributed by atoms with Crippen LogP contribution in [0.15, 0.2) is 273 Å². The fourth-order valence-corrected chi connectivity index (χ4v) is 12.6. The Kier molecular flexibility index (Phi) is 8.97. The molecule has 0 fully saturated rings. The van der Waals surface area contributed by atoms with Crippen molar-refractivity contribution in [3.05, 3.63) is 273 Å². The molecule has 0 spiro atoms. The molecular formula is C70H45N5. The van der Waals surface area contributed by atoms with E-state index >= 15 is 0 Å². The van der Waals surface area contributed by atoms with Crippen molar-refractivity contribution < 1.29 is 0 Å². The lowest BCUT2D eigenvalue weighted by atomic mass is 9.99. The summed E-state index contributed by atoms with van der Waals surface area (Å²) in [6.07, 6.45) is 0. The van der Waals surface area contributed by atoms with Crippen molar-refractivity contribution in [2.75, 3.05) is 9.80 Å². The Bertz CT molecular complexity index is 4520. The molecule has 0 atom stereocenters. The Hall–Kier alpha value is -10.1. The summed E-state index contributed by atoms with van der Waals surface area (Å²) < 4.78 is 7.30. The molecule has 0 amide bonds. The second-order valence-electron chi connectivity index (χ2n) is 19.7. The van der Waals surface area contributed by atoms with Gasteiger partial charge in [-0.2, -0.15) is 0 Å². The largest absolute Gasteiger partial charge is 0.310 e. The van der Waals surface area contributed by atoms with Gasteiger partial charge in [-0.1, -0.05) is 152 Å². The van der Waals surface area contributed by atoms with Gasteiger partial charge in [-0.3, -0.25) is 0 Å². The van der Waals surface area contributed by atoms with Crippen molar-refractivity contribution in [2.24, 2.45) is 0 Å². The quantitative estimate of drug-likeness (QED) is 0.134. The molecule has 0 unspecified atom stereocenters. The number of fused-ring (bicyclic) bond motifs is 3. The first-order valence-electron chi connectivity index (χ1n) is 25.8. The molecule has 0 aliphatic rings. The van der Waals surface area contributed by atoms with E-state index in [1.54, 1.807) is 0 Å². The van der Waals surface area contributed by atoms with Gasteiger partial charge in [0.15, 0.2) is 0 Å². The predicted molar refractivity (Wildman–Crippen MR) is 316 cm³/mol. The minimum atomic E-state index is 1.08. The molecule has 0 N–H and O–H groups in total. The molecular weight excluding hydrogens is 911 g/mol. The third kappa shape index (κ3) is 6.13. The summed E-state index contributed by atoms with van der Waals surface area (Å²) in [5.74, 6) is 0. The van der Waals surface area contributed by atoms with E-state index in [0.29, 0.717) is 0 Å². The van der Waals surface area contributed by atoms with E-state index in [0.717, 1.165) is 62.2 Å². The second kappa shape index (κ2) is 16.2. The van der Waals surface area contributed by atoms with Crippen LogP contribution >= 0.6 is 0 Å². The number of hydrogen-bond donors (Lipinski definition) is 0. The van der Waals surface area contributed by atoms with E-state index in [4.69, 9.17) is 0 Å². The monoisotopic (exact) mass is 955 g/mol. The van der Waals surface area contributed by atoms with Crippen LogP contribution in [0.5, 0.6) is 0 Å². The van der Waals surface area contributed by atoms with Gasteiger partial charge in [-0.05, 0) is 132 Å². The minimum Gasteiger partial charge on any atom is -0.310 e. The molecule has 13 aromatic carbocycles. The number of nitrogens with zero attached hydrogens (tertiary/aromatic N) is 5. The SMILES string of the molecule is c1ccc(N(c2ccc3c4ccc(N(c5ccccc5)c5ccc6c7c5ccc5cccc(c57)n6-c5ccccc5)cc4n(-c4ccccc4)c3c2)c2ccc3c4c2ccc2cccc(c24)n3-c2ccccc2)cc1. The normalized spacial score (nSPS) is 12.0. The van der Waals surface area contributed by atoms with Crippen molar-refractivity contribution in [1.29, 1.82) is 0 Å². The van der Waals surface area contributed by atoms with Gasteiger partial charge in [-0.25, -0.2) is 0 Å². The van der Waals surface area contributed by atoms with E-state index in [9.17, 15) is 0 Å². The summed E-state index contributed by atoms with van der Waals surface area (Å²) in [4.78, 5) is 4.90. The molecule has 350 valence electrons. The van der Waals surface area contributed by atoms with Crippen LogP contribution in [0.25, 0.3) is 104 Å². The number of hydrogen-bond acceptors (Lipinski definition) is 2. The van der Waals surface area contributed by atoms with E-state index in [1.807, 2.05) is 0 Å². The molecule has 3 heterocycles. The molecule has 0 saturated heterocycles. The first kappa shape index (κ1) is 41.5. The second-order valence-corrected chi connectivity index (χ2v) is 19.7. The number of para-hydroxylation sites is 5. The topological polar surface area (TPSA) is 21.3 Å². The van der Waals surface area contributed by atoms with E-state index in [1.165, 1.54) is 75.9 Å². The van der Waals surface area contributed by atoms with Gasteiger partial charge < -0.3 is 23.5 Å². The summed E-state index contributed by atoms with van der Waals surface area (Å²) in [5, 5.41) is 12.4. The molecule has 3 aromatic heterocycles. The Morgan fingerprint density at radius 2 is 0.560 bits per heavy atom. The standard InChI is InChI=1S/C70H45N5/c1-6-20-48(21-7-1)71(59-40-42-63-69-57(59)36-32-46-18-16-30-61(67(46)69)73(63)50-24-10-3-11-25-50)53-34-38-55-56-39-35-54(45-66(56)75(65(55)44-53)52-28-14-5-15-29-52)72(49-22-8-2-9-23-49)60-41-43-64-70-58(60)37-33-47-19-17-31-62(68(47)70)74(64)51-26-12-4-13-27-51/h1-45H. The third-order valence-electron chi connectivity index (χ3n) is 15.7. The number of rotatable bonds is 9. The maximum atomic E-state index is 2.46. The van der Waals surface area contributed by atoms with Crippen LogP contribution in [-0.2, 0) is 0 Å². The molecule has 16 aromatic rings. The van der Waals surface area contributed by atoms with Gasteiger partial charge in [-0.15, -0.1) is 0 Å². The highest BCUT2D eigenvalue weighted by atomic mass is 15.2. The first-order chi connectivity index (χ1) is 37.2. The molecule has 0 saturated carbocycles. The summed E-state index contributed by atoms with van der Waals surface area (Å²) in [5.41, 5.74) is 17.1. The maximum Gasteiger partial charge on any atom is 0.0561 e. The Morgan fingerprint density at radius 1 is 0.213 bits per heavy atom. The Labute approximate surface area is 432 Å². The fraction of sp³-hybridized carbons (Fsp3) is 0. The highest BCUT2D eigenvalue weighted by Gasteiger charge is 2.26. The smallest absolute Gasteiger partial charge is 0.0561 e. The molecule has 0 aliphatic heterocycles. The average Bonchev–Trinajstić information content (AvgIpc) is 4.12. The van der Waals surface area contributed by atoms with Gasteiger partial charge in [0.1, 0.15) is 0 Å². The zero-order chi connectivity index (χ0) is 49.1. The zero-order valence-electron chi connectivity index (χ0n) is 40.7.